The van der Waals surface area contributed by atoms with E-state index in [9.17, 15) is 18.0 Å². The summed E-state index contributed by atoms with van der Waals surface area (Å²) in [6, 6.07) is 19.2. The first-order chi connectivity index (χ1) is 16.9. The molecule has 0 radical (unpaired) electrons. The summed E-state index contributed by atoms with van der Waals surface area (Å²) in [6.07, 6.45) is -3.24. The minimum atomic E-state index is -4.74. The molecule has 0 saturated carbocycles. The SMILES string of the molecule is CCOC(=O)CCCc1ccc(-c2ccc(OC(F)(F)F)cc2)cc1Oc1ccc(C(C)(C)C)cc1. The van der Waals surface area contributed by atoms with E-state index in [1.807, 2.05) is 42.5 Å². The van der Waals surface area contributed by atoms with Gasteiger partial charge < -0.3 is 14.2 Å². The molecule has 0 aliphatic carbocycles. The molecule has 0 fully saturated rings. The summed E-state index contributed by atoms with van der Waals surface area (Å²) in [4.78, 5) is 11.7. The normalized spacial score (nSPS) is 11.8. The van der Waals surface area contributed by atoms with Crippen LogP contribution in [0, 0.1) is 0 Å². The third kappa shape index (κ3) is 8.04. The molecule has 0 unspecified atom stereocenters. The van der Waals surface area contributed by atoms with Crippen molar-refractivity contribution in [1.29, 1.82) is 0 Å². The molecule has 192 valence electrons. The number of halogens is 3. The second-order valence-electron chi connectivity index (χ2n) is 9.43. The van der Waals surface area contributed by atoms with Crippen molar-refractivity contribution in [3.05, 3.63) is 77.9 Å². The summed E-state index contributed by atoms with van der Waals surface area (Å²) in [6.45, 7) is 8.53. The number of aryl methyl sites for hydroxylation is 1. The molecule has 4 nitrogen and oxygen atoms in total. The van der Waals surface area contributed by atoms with Gasteiger partial charge in [-0.05, 0) is 77.8 Å². The van der Waals surface area contributed by atoms with Gasteiger partial charge in [0.25, 0.3) is 0 Å². The molecule has 3 aromatic carbocycles. The highest BCUT2D eigenvalue weighted by Crippen LogP contribution is 2.34. The molecular weight excluding hydrogens is 469 g/mol. The Hall–Kier alpha value is -3.48. The van der Waals surface area contributed by atoms with E-state index >= 15 is 0 Å². The first kappa shape index (κ1) is 27.1. The number of alkyl halides is 3. The third-order valence-corrected chi connectivity index (χ3v) is 5.57. The van der Waals surface area contributed by atoms with Crippen LogP contribution in [0.5, 0.6) is 17.2 Å². The van der Waals surface area contributed by atoms with Gasteiger partial charge >= 0.3 is 12.3 Å². The highest BCUT2D eigenvalue weighted by atomic mass is 19.4. The fourth-order valence-corrected chi connectivity index (χ4v) is 3.69. The van der Waals surface area contributed by atoms with Gasteiger partial charge in [0.2, 0.25) is 0 Å². The van der Waals surface area contributed by atoms with Gasteiger partial charge in [0.1, 0.15) is 17.2 Å². The van der Waals surface area contributed by atoms with Gasteiger partial charge in [0.05, 0.1) is 6.61 Å². The van der Waals surface area contributed by atoms with Crippen LogP contribution < -0.4 is 9.47 Å². The Morgan fingerprint density at radius 1 is 0.833 bits per heavy atom. The van der Waals surface area contributed by atoms with E-state index in [4.69, 9.17) is 9.47 Å². The predicted molar refractivity (Wildman–Crippen MR) is 133 cm³/mol. The zero-order chi connectivity index (χ0) is 26.3. The summed E-state index contributed by atoms with van der Waals surface area (Å²) < 4.78 is 52.7. The van der Waals surface area contributed by atoms with E-state index in [1.54, 1.807) is 19.1 Å². The lowest BCUT2D eigenvalue weighted by molar-refractivity contribution is -0.274. The van der Waals surface area contributed by atoms with Gasteiger partial charge in [-0.3, -0.25) is 4.79 Å². The number of carbonyl (C=O) groups excluding carboxylic acids is 1. The second kappa shape index (κ2) is 11.5. The van der Waals surface area contributed by atoms with Crippen LogP contribution in [0.3, 0.4) is 0 Å². The lowest BCUT2D eigenvalue weighted by Gasteiger charge is -2.19. The van der Waals surface area contributed by atoms with Crippen molar-refractivity contribution >= 4 is 5.97 Å². The number of hydrogen-bond acceptors (Lipinski definition) is 4. The van der Waals surface area contributed by atoms with Crippen LogP contribution >= 0.6 is 0 Å². The highest BCUT2D eigenvalue weighted by molar-refractivity contribution is 5.69. The Balaban J connectivity index is 1.85. The topological polar surface area (TPSA) is 44.8 Å². The Labute approximate surface area is 210 Å². The first-order valence-electron chi connectivity index (χ1n) is 11.9. The van der Waals surface area contributed by atoms with Crippen LogP contribution in [-0.4, -0.2) is 18.9 Å². The fourth-order valence-electron chi connectivity index (χ4n) is 3.69. The fraction of sp³-hybridized carbons (Fsp3) is 0.345. The van der Waals surface area contributed by atoms with Crippen molar-refractivity contribution in [1.82, 2.24) is 0 Å². The minimum Gasteiger partial charge on any atom is -0.466 e. The number of ether oxygens (including phenoxy) is 3. The van der Waals surface area contributed by atoms with E-state index in [0.717, 1.165) is 16.7 Å². The van der Waals surface area contributed by atoms with E-state index in [0.29, 0.717) is 37.4 Å². The molecule has 0 amide bonds. The molecule has 0 atom stereocenters. The molecule has 3 aromatic rings. The van der Waals surface area contributed by atoms with E-state index < -0.39 is 6.36 Å². The maximum absolute atomic E-state index is 12.5. The van der Waals surface area contributed by atoms with Crippen LogP contribution in [0.25, 0.3) is 11.1 Å². The van der Waals surface area contributed by atoms with Gasteiger partial charge in [0, 0.05) is 6.42 Å². The predicted octanol–water partition coefficient (Wildman–Crippen LogP) is 8.23. The van der Waals surface area contributed by atoms with Crippen LogP contribution in [0.15, 0.2) is 66.7 Å². The van der Waals surface area contributed by atoms with Crippen molar-refractivity contribution in [2.24, 2.45) is 0 Å². The van der Waals surface area contributed by atoms with Crippen molar-refractivity contribution < 1.29 is 32.2 Å². The number of hydrogen-bond donors (Lipinski definition) is 0. The van der Waals surface area contributed by atoms with Crippen LogP contribution in [0.1, 0.15) is 51.7 Å². The van der Waals surface area contributed by atoms with Crippen molar-refractivity contribution in [3.63, 3.8) is 0 Å². The van der Waals surface area contributed by atoms with E-state index in [-0.39, 0.29) is 17.1 Å². The zero-order valence-electron chi connectivity index (χ0n) is 20.9. The molecule has 3 rings (SSSR count). The molecule has 0 saturated heterocycles. The quantitative estimate of drug-likeness (QED) is 0.278. The molecule has 0 aliphatic rings. The Kier molecular flexibility index (Phi) is 8.66. The summed E-state index contributed by atoms with van der Waals surface area (Å²) in [5.74, 6) is 0.768. The maximum Gasteiger partial charge on any atom is 0.573 e. The van der Waals surface area contributed by atoms with Crippen LogP contribution in [0.2, 0.25) is 0 Å². The average molecular weight is 501 g/mol. The van der Waals surface area contributed by atoms with E-state index in [2.05, 4.69) is 25.5 Å². The number of benzene rings is 3. The third-order valence-electron chi connectivity index (χ3n) is 5.57. The zero-order valence-corrected chi connectivity index (χ0v) is 20.9. The summed E-state index contributed by atoms with van der Waals surface area (Å²) >= 11 is 0. The summed E-state index contributed by atoms with van der Waals surface area (Å²) in [7, 11) is 0. The highest BCUT2D eigenvalue weighted by Gasteiger charge is 2.31. The minimum absolute atomic E-state index is 0.0126. The van der Waals surface area contributed by atoms with Crippen molar-refractivity contribution in [3.8, 4) is 28.4 Å². The van der Waals surface area contributed by atoms with Gasteiger partial charge in [0.15, 0.2) is 0 Å². The molecule has 0 N–H and O–H groups in total. The molecule has 0 bridgehead atoms. The second-order valence-corrected chi connectivity index (χ2v) is 9.43. The largest absolute Gasteiger partial charge is 0.573 e. The van der Waals surface area contributed by atoms with Gasteiger partial charge in [-0.2, -0.15) is 0 Å². The maximum atomic E-state index is 12.5. The Bertz CT molecular complexity index is 1150. The monoisotopic (exact) mass is 500 g/mol. The smallest absolute Gasteiger partial charge is 0.466 e. The van der Waals surface area contributed by atoms with Crippen molar-refractivity contribution in [2.45, 2.75) is 58.7 Å². The van der Waals surface area contributed by atoms with Crippen LogP contribution in [0.4, 0.5) is 13.2 Å². The van der Waals surface area contributed by atoms with Gasteiger partial charge in [-0.25, -0.2) is 0 Å². The molecule has 0 heterocycles. The molecule has 0 aliphatic heterocycles. The number of esters is 1. The lowest BCUT2D eigenvalue weighted by Crippen LogP contribution is -2.16. The van der Waals surface area contributed by atoms with Gasteiger partial charge in [-0.1, -0.05) is 57.2 Å². The Morgan fingerprint density at radius 2 is 1.44 bits per heavy atom. The van der Waals surface area contributed by atoms with Gasteiger partial charge in [-0.15, -0.1) is 13.2 Å². The number of carbonyl (C=O) groups is 1. The molecule has 7 heteroatoms. The molecule has 36 heavy (non-hydrogen) atoms. The number of rotatable bonds is 9. The van der Waals surface area contributed by atoms with Crippen molar-refractivity contribution in [2.75, 3.05) is 6.61 Å². The average Bonchev–Trinajstić information content (AvgIpc) is 2.79. The summed E-state index contributed by atoms with van der Waals surface area (Å²) in [5.41, 5.74) is 3.61. The van der Waals surface area contributed by atoms with E-state index in [1.165, 1.54) is 17.7 Å². The Morgan fingerprint density at radius 3 is 2.03 bits per heavy atom. The lowest BCUT2D eigenvalue weighted by atomic mass is 9.87. The molecule has 0 aromatic heterocycles. The molecule has 0 spiro atoms. The summed E-state index contributed by atoms with van der Waals surface area (Å²) in [5, 5.41) is 0. The molecular formula is C29H31F3O4. The van der Waals surface area contributed by atoms with Crippen LogP contribution in [-0.2, 0) is 21.4 Å². The standard InChI is InChI=1S/C29H31F3O4/c1-5-34-27(33)8-6-7-21-9-10-22(20-11-15-25(16-12-20)36-29(30,31)32)19-26(21)35-24-17-13-23(14-18-24)28(2,3)4/h9-19H,5-8H2,1-4H3. The first-order valence-corrected chi connectivity index (χ1v) is 11.9.